The summed E-state index contributed by atoms with van der Waals surface area (Å²) < 4.78 is 3.13. The third-order valence-corrected chi connectivity index (χ3v) is 3.19. The van der Waals surface area contributed by atoms with E-state index in [2.05, 4.69) is 5.10 Å². The molecule has 2 aromatic carbocycles. The van der Waals surface area contributed by atoms with E-state index in [0.29, 0.717) is 12.4 Å². The van der Waals surface area contributed by atoms with Gasteiger partial charge in [-0.3, -0.25) is 0 Å². The molecule has 0 atom stereocenters. The molecule has 4 nitrogen and oxygen atoms in total. The summed E-state index contributed by atoms with van der Waals surface area (Å²) in [5.41, 5.74) is 1.79. The third-order valence-electron chi connectivity index (χ3n) is 3.19. The van der Waals surface area contributed by atoms with Gasteiger partial charge in [0.05, 0.1) is 12.2 Å². The van der Waals surface area contributed by atoms with E-state index in [9.17, 15) is 4.79 Å². The normalized spacial score (nSPS) is 10.7. The maximum Gasteiger partial charge on any atom is 0.350 e. The first-order valence-corrected chi connectivity index (χ1v) is 6.51. The summed E-state index contributed by atoms with van der Waals surface area (Å²) in [6, 6.07) is 19.4. The standard InChI is InChI=1S/C16H15N3O/c1-13-17-18(12-14-8-4-2-5-9-14)16(20)19(13)15-10-6-3-7-11-15/h2-11H,12H2,1H3. The van der Waals surface area contributed by atoms with Crippen LogP contribution in [0.15, 0.2) is 65.5 Å². The van der Waals surface area contributed by atoms with Gasteiger partial charge in [-0.2, -0.15) is 5.10 Å². The number of aromatic nitrogens is 3. The molecule has 20 heavy (non-hydrogen) atoms. The molecule has 0 aliphatic rings. The van der Waals surface area contributed by atoms with Crippen LogP contribution >= 0.6 is 0 Å². The molecule has 0 fully saturated rings. The molecule has 1 aromatic heterocycles. The summed E-state index contributed by atoms with van der Waals surface area (Å²) in [6.07, 6.45) is 0. The van der Waals surface area contributed by atoms with E-state index in [0.717, 1.165) is 11.3 Å². The van der Waals surface area contributed by atoms with Gasteiger partial charge in [0.15, 0.2) is 0 Å². The quantitative estimate of drug-likeness (QED) is 0.729. The van der Waals surface area contributed by atoms with Gasteiger partial charge in [-0.25, -0.2) is 14.0 Å². The molecule has 0 saturated carbocycles. The number of nitrogens with zero attached hydrogens (tertiary/aromatic N) is 3. The lowest BCUT2D eigenvalue weighted by atomic mass is 10.2. The Bertz CT molecular complexity index is 757. The lowest BCUT2D eigenvalue weighted by molar-refractivity contribution is 0.651. The van der Waals surface area contributed by atoms with Crippen molar-refractivity contribution in [2.45, 2.75) is 13.5 Å². The SMILES string of the molecule is Cc1nn(Cc2ccccc2)c(=O)n1-c1ccccc1. The van der Waals surface area contributed by atoms with Crippen molar-refractivity contribution in [1.29, 1.82) is 0 Å². The van der Waals surface area contributed by atoms with Crippen molar-refractivity contribution in [1.82, 2.24) is 14.3 Å². The maximum absolute atomic E-state index is 12.5. The van der Waals surface area contributed by atoms with Gasteiger partial charge in [0.1, 0.15) is 5.82 Å². The minimum absolute atomic E-state index is 0.113. The average molecular weight is 265 g/mol. The molecule has 0 bridgehead atoms. The Morgan fingerprint density at radius 1 is 0.950 bits per heavy atom. The fourth-order valence-electron chi connectivity index (χ4n) is 2.25. The highest BCUT2D eigenvalue weighted by Gasteiger charge is 2.11. The van der Waals surface area contributed by atoms with Crippen molar-refractivity contribution >= 4 is 0 Å². The number of benzene rings is 2. The van der Waals surface area contributed by atoms with Gasteiger partial charge < -0.3 is 0 Å². The van der Waals surface area contributed by atoms with Crippen molar-refractivity contribution in [2.24, 2.45) is 0 Å². The molecule has 3 rings (SSSR count). The van der Waals surface area contributed by atoms with Crippen LogP contribution in [0.25, 0.3) is 5.69 Å². The van der Waals surface area contributed by atoms with Crippen molar-refractivity contribution in [2.75, 3.05) is 0 Å². The molecular formula is C16H15N3O. The van der Waals surface area contributed by atoms with E-state index in [1.54, 1.807) is 4.57 Å². The van der Waals surface area contributed by atoms with Crippen molar-refractivity contribution < 1.29 is 0 Å². The van der Waals surface area contributed by atoms with Gasteiger partial charge in [-0.1, -0.05) is 48.5 Å². The van der Waals surface area contributed by atoms with Crippen LogP contribution in [0, 0.1) is 6.92 Å². The summed E-state index contributed by atoms with van der Waals surface area (Å²) in [5, 5.41) is 4.35. The van der Waals surface area contributed by atoms with E-state index in [1.807, 2.05) is 67.6 Å². The predicted octanol–water partition coefficient (Wildman–Crippen LogP) is 2.39. The Morgan fingerprint density at radius 3 is 2.20 bits per heavy atom. The summed E-state index contributed by atoms with van der Waals surface area (Å²) in [7, 11) is 0. The second-order valence-corrected chi connectivity index (χ2v) is 4.64. The Morgan fingerprint density at radius 2 is 1.55 bits per heavy atom. The molecule has 0 aliphatic heterocycles. The van der Waals surface area contributed by atoms with Crippen LogP contribution in [0.3, 0.4) is 0 Å². The number of aryl methyl sites for hydroxylation is 1. The summed E-state index contributed by atoms with van der Waals surface area (Å²) in [6.45, 7) is 2.33. The highest BCUT2D eigenvalue weighted by atomic mass is 16.2. The largest absolute Gasteiger partial charge is 0.350 e. The van der Waals surface area contributed by atoms with Crippen LogP contribution in [-0.2, 0) is 6.54 Å². The molecule has 0 saturated heterocycles. The van der Waals surface area contributed by atoms with Crippen LogP contribution in [-0.4, -0.2) is 14.3 Å². The molecule has 0 aliphatic carbocycles. The topological polar surface area (TPSA) is 39.8 Å². The molecule has 0 unspecified atom stereocenters. The molecule has 3 aromatic rings. The molecule has 100 valence electrons. The number of hydrogen-bond donors (Lipinski definition) is 0. The molecule has 4 heteroatoms. The van der Waals surface area contributed by atoms with Crippen molar-refractivity contribution in [3.8, 4) is 5.69 Å². The smallest absolute Gasteiger partial charge is 0.247 e. The van der Waals surface area contributed by atoms with Crippen LogP contribution in [0.5, 0.6) is 0 Å². The van der Waals surface area contributed by atoms with Gasteiger partial charge in [-0.15, -0.1) is 0 Å². The molecule has 0 radical (unpaired) electrons. The van der Waals surface area contributed by atoms with E-state index in [4.69, 9.17) is 0 Å². The van der Waals surface area contributed by atoms with E-state index in [-0.39, 0.29) is 5.69 Å². The van der Waals surface area contributed by atoms with Crippen LogP contribution in [0.4, 0.5) is 0 Å². The number of rotatable bonds is 3. The first kappa shape index (κ1) is 12.4. The van der Waals surface area contributed by atoms with E-state index < -0.39 is 0 Å². The van der Waals surface area contributed by atoms with Gasteiger partial charge in [-0.05, 0) is 24.6 Å². The molecule has 0 spiro atoms. The zero-order valence-corrected chi connectivity index (χ0v) is 11.2. The summed E-state index contributed by atoms with van der Waals surface area (Å²) in [5.74, 6) is 0.692. The summed E-state index contributed by atoms with van der Waals surface area (Å²) >= 11 is 0. The monoisotopic (exact) mass is 265 g/mol. The van der Waals surface area contributed by atoms with Crippen LogP contribution in [0.1, 0.15) is 11.4 Å². The van der Waals surface area contributed by atoms with Gasteiger partial charge in [0, 0.05) is 0 Å². The second kappa shape index (κ2) is 5.17. The Balaban J connectivity index is 2.02. The second-order valence-electron chi connectivity index (χ2n) is 4.64. The van der Waals surface area contributed by atoms with Gasteiger partial charge in [0.25, 0.3) is 0 Å². The first-order chi connectivity index (χ1) is 9.75. The number of hydrogen-bond acceptors (Lipinski definition) is 2. The Hall–Kier alpha value is -2.62. The lowest BCUT2D eigenvalue weighted by Crippen LogP contribution is -2.24. The van der Waals surface area contributed by atoms with Crippen molar-refractivity contribution in [3.05, 3.63) is 82.5 Å². The Kier molecular flexibility index (Phi) is 3.21. The lowest BCUT2D eigenvalue weighted by Gasteiger charge is -2.01. The highest BCUT2D eigenvalue weighted by Crippen LogP contribution is 2.07. The van der Waals surface area contributed by atoms with Gasteiger partial charge >= 0.3 is 5.69 Å². The highest BCUT2D eigenvalue weighted by molar-refractivity contribution is 5.32. The Labute approximate surface area is 116 Å². The summed E-state index contributed by atoms with van der Waals surface area (Å²) in [4.78, 5) is 12.5. The zero-order chi connectivity index (χ0) is 13.9. The van der Waals surface area contributed by atoms with Crippen LogP contribution in [0.2, 0.25) is 0 Å². The molecule has 0 amide bonds. The maximum atomic E-state index is 12.5. The molecular weight excluding hydrogens is 250 g/mol. The minimum atomic E-state index is -0.113. The number of para-hydroxylation sites is 1. The van der Waals surface area contributed by atoms with E-state index >= 15 is 0 Å². The third kappa shape index (κ3) is 2.28. The fourth-order valence-corrected chi connectivity index (χ4v) is 2.25. The fraction of sp³-hybridized carbons (Fsp3) is 0.125. The zero-order valence-electron chi connectivity index (χ0n) is 11.2. The average Bonchev–Trinajstić information content (AvgIpc) is 2.75. The molecule has 1 heterocycles. The van der Waals surface area contributed by atoms with Crippen molar-refractivity contribution in [3.63, 3.8) is 0 Å². The van der Waals surface area contributed by atoms with Crippen LogP contribution < -0.4 is 5.69 Å². The van der Waals surface area contributed by atoms with E-state index in [1.165, 1.54) is 4.68 Å². The molecule has 0 N–H and O–H groups in total. The predicted molar refractivity (Wildman–Crippen MR) is 78.1 cm³/mol. The minimum Gasteiger partial charge on any atom is -0.247 e. The van der Waals surface area contributed by atoms with Gasteiger partial charge in [0.2, 0.25) is 0 Å². The first-order valence-electron chi connectivity index (χ1n) is 6.51.